The van der Waals surface area contributed by atoms with E-state index in [-0.39, 0.29) is 11.9 Å². The summed E-state index contributed by atoms with van der Waals surface area (Å²) in [5.74, 6) is -0.192. The van der Waals surface area contributed by atoms with Crippen LogP contribution in [0.3, 0.4) is 0 Å². The molecule has 0 aliphatic carbocycles. The van der Waals surface area contributed by atoms with Gasteiger partial charge in [-0.25, -0.2) is 4.39 Å². The minimum absolute atomic E-state index is 0.127. The Hall–Kier alpha value is -1.67. The Bertz CT molecular complexity index is 519. The zero-order valence-corrected chi connectivity index (χ0v) is 11.5. The topological polar surface area (TPSA) is 12.0 Å². The fourth-order valence-electron chi connectivity index (χ4n) is 2.26. The summed E-state index contributed by atoms with van der Waals surface area (Å²) in [6.45, 7) is 5.20. The van der Waals surface area contributed by atoms with E-state index in [1.807, 2.05) is 24.3 Å². The molecule has 2 rings (SSSR count). The molecule has 1 atom stereocenters. The van der Waals surface area contributed by atoms with Gasteiger partial charge in [-0.05, 0) is 48.7 Å². The number of benzene rings is 2. The number of halogens is 1. The number of aryl methyl sites for hydroxylation is 1. The molecule has 2 heteroatoms. The van der Waals surface area contributed by atoms with Crippen molar-refractivity contribution in [2.24, 2.45) is 0 Å². The van der Waals surface area contributed by atoms with Crippen molar-refractivity contribution < 1.29 is 4.39 Å². The van der Waals surface area contributed by atoms with Crippen molar-refractivity contribution in [1.29, 1.82) is 0 Å². The minimum Gasteiger partial charge on any atom is -0.306 e. The molecular weight excluding hydrogens is 237 g/mol. The normalized spacial score (nSPS) is 12.4. The maximum atomic E-state index is 13.1. The van der Waals surface area contributed by atoms with E-state index in [1.165, 1.54) is 23.3 Å². The van der Waals surface area contributed by atoms with E-state index in [4.69, 9.17) is 0 Å². The summed E-state index contributed by atoms with van der Waals surface area (Å²) in [5, 5.41) is 3.54. The van der Waals surface area contributed by atoms with Gasteiger partial charge in [0.1, 0.15) is 5.82 Å². The first-order valence-corrected chi connectivity index (χ1v) is 6.76. The third-order valence-corrected chi connectivity index (χ3v) is 3.30. The second-order valence-corrected chi connectivity index (χ2v) is 4.80. The third-order valence-electron chi connectivity index (χ3n) is 3.30. The molecule has 0 bridgehead atoms. The highest BCUT2D eigenvalue weighted by Gasteiger charge is 2.14. The van der Waals surface area contributed by atoms with E-state index < -0.39 is 0 Å². The van der Waals surface area contributed by atoms with Gasteiger partial charge in [0.15, 0.2) is 0 Å². The number of hydrogen-bond donors (Lipinski definition) is 1. The number of nitrogens with one attached hydrogen (secondary N) is 1. The van der Waals surface area contributed by atoms with Crippen LogP contribution in [0.2, 0.25) is 0 Å². The fourth-order valence-corrected chi connectivity index (χ4v) is 2.26. The average molecular weight is 257 g/mol. The lowest BCUT2D eigenvalue weighted by Crippen LogP contribution is -2.23. The van der Waals surface area contributed by atoms with E-state index in [1.54, 1.807) is 0 Å². The first-order valence-electron chi connectivity index (χ1n) is 6.76. The van der Waals surface area contributed by atoms with Gasteiger partial charge in [0, 0.05) is 0 Å². The Morgan fingerprint density at radius 3 is 2.37 bits per heavy atom. The van der Waals surface area contributed by atoms with E-state index >= 15 is 0 Å². The van der Waals surface area contributed by atoms with Gasteiger partial charge in [-0.15, -0.1) is 0 Å². The maximum absolute atomic E-state index is 13.1. The van der Waals surface area contributed by atoms with Gasteiger partial charge in [0.2, 0.25) is 0 Å². The molecule has 2 aromatic carbocycles. The van der Waals surface area contributed by atoms with E-state index in [0.717, 1.165) is 18.5 Å². The Balaban J connectivity index is 2.35. The quantitative estimate of drug-likeness (QED) is 0.845. The van der Waals surface area contributed by atoms with E-state index in [0.29, 0.717) is 0 Å². The van der Waals surface area contributed by atoms with Crippen molar-refractivity contribution in [3.05, 3.63) is 71.0 Å². The molecule has 0 saturated heterocycles. The predicted octanol–water partition coefficient (Wildman–Crippen LogP) is 4.22. The van der Waals surface area contributed by atoms with Gasteiger partial charge in [0.05, 0.1) is 6.04 Å². The Kier molecular flexibility index (Phi) is 4.69. The highest BCUT2D eigenvalue weighted by molar-refractivity contribution is 5.36. The summed E-state index contributed by atoms with van der Waals surface area (Å²) in [6.07, 6.45) is 1.07. The van der Waals surface area contributed by atoms with E-state index in [2.05, 4.69) is 31.3 Å². The van der Waals surface area contributed by atoms with Gasteiger partial charge < -0.3 is 5.32 Å². The largest absolute Gasteiger partial charge is 0.306 e. The van der Waals surface area contributed by atoms with Gasteiger partial charge >= 0.3 is 0 Å². The third kappa shape index (κ3) is 3.42. The highest BCUT2D eigenvalue weighted by Crippen LogP contribution is 2.25. The zero-order valence-electron chi connectivity index (χ0n) is 11.5. The van der Waals surface area contributed by atoms with Crippen LogP contribution in [0.15, 0.2) is 48.5 Å². The molecule has 100 valence electrons. The lowest BCUT2D eigenvalue weighted by atomic mass is 9.95. The molecule has 2 aromatic rings. The van der Waals surface area contributed by atoms with Crippen LogP contribution >= 0.6 is 0 Å². The van der Waals surface area contributed by atoms with Gasteiger partial charge in [0.25, 0.3) is 0 Å². The molecule has 0 aliphatic heterocycles. The SMILES string of the molecule is CCCNC(c1ccc(F)cc1)c1ccccc1C. The monoisotopic (exact) mass is 257 g/mol. The smallest absolute Gasteiger partial charge is 0.123 e. The standard InChI is InChI=1S/C17H20FN/c1-3-12-19-17(14-8-10-15(18)11-9-14)16-7-5-4-6-13(16)2/h4-11,17,19H,3,12H2,1-2H3. The van der Waals surface area contributed by atoms with Crippen molar-refractivity contribution in [3.8, 4) is 0 Å². The van der Waals surface area contributed by atoms with Gasteiger partial charge in [-0.2, -0.15) is 0 Å². The second-order valence-electron chi connectivity index (χ2n) is 4.80. The lowest BCUT2D eigenvalue weighted by Gasteiger charge is -2.21. The fraction of sp³-hybridized carbons (Fsp3) is 0.294. The number of rotatable bonds is 5. The van der Waals surface area contributed by atoms with Crippen molar-refractivity contribution in [2.45, 2.75) is 26.3 Å². The Morgan fingerprint density at radius 2 is 1.74 bits per heavy atom. The molecule has 0 heterocycles. The molecular formula is C17H20FN. The van der Waals surface area contributed by atoms with Crippen LogP contribution in [-0.2, 0) is 0 Å². The van der Waals surface area contributed by atoms with Crippen molar-refractivity contribution in [2.75, 3.05) is 6.54 Å². The van der Waals surface area contributed by atoms with Gasteiger partial charge in [-0.3, -0.25) is 0 Å². The highest BCUT2D eigenvalue weighted by atomic mass is 19.1. The average Bonchev–Trinajstić information content (AvgIpc) is 2.43. The molecule has 0 amide bonds. The Labute approximate surface area is 114 Å². The molecule has 0 aromatic heterocycles. The van der Waals surface area contributed by atoms with Gasteiger partial charge in [-0.1, -0.05) is 43.3 Å². The van der Waals surface area contributed by atoms with Crippen LogP contribution in [0.4, 0.5) is 4.39 Å². The van der Waals surface area contributed by atoms with E-state index in [9.17, 15) is 4.39 Å². The lowest BCUT2D eigenvalue weighted by molar-refractivity contribution is 0.591. The van der Waals surface area contributed by atoms with Crippen molar-refractivity contribution >= 4 is 0 Å². The van der Waals surface area contributed by atoms with Crippen molar-refractivity contribution in [3.63, 3.8) is 0 Å². The van der Waals surface area contributed by atoms with Crippen LogP contribution in [0, 0.1) is 12.7 Å². The summed E-state index contributed by atoms with van der Waals surface area (Å²) >= 11 is 0. The summed E-state index contributed by atoms with van der Waals surface area (Å²) < 4.78 is 13.1. The van der Waals surface area contributed by atoms with Crippen LogP contribution in [-0.4, -0.2) is 6.54 Å². The van der Waals surface area contributed by atoms with Crippen LogP contribution in [0.1, 0.15) is 36.1 Å². The minimum atomic E-state index is -0.192. The van der Waals surface area contributed by atoms with Crippen LogP contribution in [0.5, 0.6) is 0 Å². The molecule has 0 spiro atoms. The molecule has 0 fully saturated rings. The zero-order chi connectivity index (χ0) is 13.7. The van der Waals surface area contributed by atoms with Crippen LogP contribution in [0.25, 0.3) is 0 Å². The summed E-state index contributed by atoms with van der Waals surface area (Å²) in [4.78, 5) is 0. The molecule has 0 aliphatic rings. The summed E-state index contributed by atoms with van der Waals surface area (Å²) in [6, 6.07) is 15.2. The first-order chi connectivity index (χ1) is 9.22. The first kappa shape index (κ1) is 13.8. The molecule has 0 saturated carbocycles. The predicted molar refractivity (Wildman–Crippen MR) is 77.7 cm³/mol. The molecule has 0 radical (unpaired) electrons. The van der Waals surface area contributed by atoms with Crippen molar-refractivity contribution in [1.82, 2.24) is 5.32 Å². The van der Waals surface area contributed by atoms with Crippen LogP contribution < -0.4 is 5.32 Å². The Morgan fingerprint density at radius 1 is 1.05 bits per heavy atom. The summed E-state index contributed by atoms with van der Waals surface area (Å²) in [7, 11) is 0. The maximum Gasteiger partial charge on any atom is 0.123 e. The number of hydrogen-bond acceptors (Lipinski definition) is 1. The molecule has 1 nitrogen and oxygen atoms in total. The molecule has 1 unspecified atom stereocenters. The summed E-state index contributed by atoms with van der Waals surface area (Å²) in [5.41, 5.74) is 3.60. The molecule has 1 N–H and O–H groups in total. The molecule has 19 heavy (non-hydrogen) atoms. The second kappa shape index (κ2) is 6.48.